The van der Waals surface area contributed by atoms with E-state index >= 15 is 0 Å². The minimum absolute atomic E-state index is 0.0463. The van der Waals surface area contributed by atoms with Crippen LogP contribution in [0.2, 0.25) is 5.02 Å². The Kier molecular flexibility index (Phi) is 6.13. The summed E-state index contributed by atoms with van der Waals surface area (Å²) < 4.78 is 0. The number of carbonyl (C=O) groups excluding carboxylic acids is 3. The molecule has 0 saturated carbocycles. The van der Waals surface area contributed by atoms with Crippen molar-refractivity contribution in [2.75, 3.05) is 11.4 Å². The summed E-state index contributed by atoms with van der Waals surface area (Å²) >= 11 is 5.81. The summed E-state index contributed by atoms with van der Waals surface area (Å²) in [6, 6.07) is 10.3. The second-order valence-electron chi connectivity index (χ2n) is 6.62. The molecule has 1 aliphatic heterocycles. The van der Waals surface area contributed by atoms with E-state index in [0.29, 0.717) is 5.56 Å². The smallest absolute Gasteiger partial charge is 0.288 e. The summed E-state index contributed by atoms with van der Waals surface area (Å²) in [4.78, 5) is 51.2. The quantitative estimate of drug-likeness (QED) is 0.295. The normalized spacial score (nSPS) is 15.5. The standard InChI is InChI=1S/C21H15ClN4O5/c1-2-9-24(20(28)14-5-8-16(22)17(10-14)26(30)31)18-11-19(27)25(21(18)29)15-6-3-13(12-23)4-7-15/h2-8,10,18H,1,9,11H2. The highest BCUT2D eigenvalue weighted by atomic mass is 35.5. The van der Waals surface area contributed by atoms with Gasteiger partial charge in [0.15, 0.2) is 0 Å². The molecule has 0 N–H and O–H groups in total. The second kappa shape index (κ2) is 8.77. The molecule has 1 atom stereocenters. The molecule has 1 heterocycles. The number of nitrogens with zero attached hydrogens (tertiary/aromatic N) is 4. The first kappa shape index (κ1) is 21.7. The molecule has 0 bridgehead atoms. The summed E-state index contributed by atoms with van der Waals surface area (Å²) in [5, 5.41) is 19.9. The van der Waals surface area contributed by atoms with Crippen LogP contribution >= 0.6 is 11.6 Å². The summed E-state index contributed by atoms with van der Waals surface area (Å²) in [5.74, 6) is -1.80. The number of nitro benzene ring substituents is 1. The molecule has 1 aliphatic rings. The number of imide groups is 1. The molecule has 1 saturated heterocycles. The number of halogens is 1. The number of carbonyl (C=O) groups is 3. The molecule has 2 aromatic carbocycles. The average molecular weight is 439 g/mol. The monoisotopic (exact) mass is 438 g/mol. The van der Waals surface area contributed by atoms with Crippen molar-refractivity contribution in [3.63, 3.8) is 0 Å². The van der Waals surface area contributed by atoms with Gasteiger partial charge in [-0.25, -0.2) is 4.90 Å². The SMILES string of the molecule is C=CCN(C(=O)c1ccc(Cl)c([N+](=O)[O-])c1)C1CC(=O)N(c2ccc(C#N)cc2)C1=O. The minimum atomic E-state index is -1.11. The van der Waals surface area contributed by atoms with Gasteiger partial charge in [-0.05, 0) is 36.4 Å². The first-order valence-corrected chi connectivity index (χ1v) is 9.39. The van der Waals surface area contributed by atoms with Crippen LogP contribution in [0.4, 0.5) is 11.4 Å². The Bertz CT molecular complexity index is 1140. The zero-order chi connectivity index (χ0) is 22.7. The van der Waals surface area contributed by atoms with Gasteiger partial charge in [0.25, 0.3) is 17.5 Å². The Balaban J connectivity index is 1.93. The molecule has 31 heavy (non-hydrogen) atoms. The fourth-order valence-corrected chi connectivity index (χ4v) is 3.44. The van der Waals surface area contributed by atoms with Gasteiger partial charge in [-0.1, -0.05) is 17.7 Å². The molecule has 1 unspecified atom stereocenters. The van der Waals surface area contributed by atoms with Crippen molar-refractivity contribution < 1.29 is 19.3 Å². The maximum Gasteiger partial charge on any atom is 0.288 e. The largest absolute Gasteiger partial charge is 0.322 e. The zero-order valence-corrected chi connectivity index (χ0v) is 16.8. The molecule has 3 amide bonds. The van der Waals surface area contributed by atoms with E-state index < -0.39 is 34.4 Å². The van der Waals surface area contributed by atoms with Crippen molar-refractivity contribution in [2.24, 2.45) is 0 Å². The third kappa shape index (κ3) is 4.15. The molecule has 0 aliphatic carbocycles. The van der Waals surface area contributed by atoms with Crippen molar-refractivity contribution in [1.82, 2.24) is 4.90 Å². The fraction of sp³-hybridized carbons (Fsp3) is 0.143. The van der Waals surface area contributed by atoms with Gasteiger partial charge in [0.1, 0.15) is 11.1 Å². The van der Waals surface area contributed by atoms with Crippen LogP contribution in [0.5, 0.6) is 0 Å². The van der Waals surface area contributed by atoms with Gasteiger partial charge >= 0.3 is 0 Å². The lowest BCUT2D eigenvalue weighted by Crippen LogP contribution is -2.45. The van der Waals surface area contributed by atoms with Crippen LogP contribution in [0.25, 0.3) is 0 Å². The summed E-state index contributed by atoms with van der Waals surface area (Å²) in [6.45, 7) is 3.53. The number of rotatable bonds is 6. The molecule has 3 rings (SSSR count). The molecule has 0 aromatic heterocycles. The van der Waals surface area contributed by atoms with E-state index in [4.69, 9.17) is 16.9 Å². The number of benzene rings is 2. The van der Waals surface area contributed by atoms with E-state index in [2.05, 4.69) is 6.58 Å². The van der Waals surface area contributed by atoms with Gasteiger partial charge in [-0.2, -0.15) is 5.26 Å². The molecule has 9 nitrogen and oxygen atoms in total. The number of hydrogen-bond donors (Lipinski definition) is 0. The van der Waals surface area contributed by atoms with Gasteiger partial charge in [0.2, 0.25) is 5.91 Å². The van der Waals surface area contributed by atoms with Crippen LogP contribution in [0.1, 0.15) is 22.3 Å². The fourth-order valence-electron chi connectivity index (χ4n) is 3.26. The van der Waals surface area contributed by atoms with Crippen molar-refractivity contribution in [1.29, 1.82) is 5.26 Å². The molecule has 0 spiro atoms. The van der Waals surface area contributed by atoms with E-state index in [1.54, 1.807) is 0 Å². The van der Waals surface area contributed by atoms with Gasteiger partial charge < -0.3 is 4.90 Å². The summed E-state index contributed by atoms with van der Waals surface area (Å²) in [5.41, 5.74) is 0.158. The molecule has 1 fully saturated rings. The van der Waals surface area contributed by atoms with E-state index in [1.807, 2.05) is 6.07 Å². The number of hydrogen-bond acceptors (Lipinski definition) is 6. The first-order chi connectivity index (χ1) is 14.8. The predicted octanol–water partition coefficient (Wildman–Crippen LogP) is 3.08. The third-order valence-electron chi connectivity index (χ3n) is 4.73. The van der Waals surface area contributed by atoms with Crippen molar-refractivity contribution in [3.05, 3.63) is 81.4 Å². The highest BCUT2D eigenvalue weighted by Gasteiger charge is 2.44. The molecule has 10 heteroatoms. The number of nitriles is 1. The lowest BCUT2D eigenvalue weighted by atomic mass is 10.1. The number of amides is 3. The van der Waals surface area contributed by atoms with E-state index in [9.17, 15) is 24.5 Å². The van der Waals surface area contributed by atoms with Gasteiger partial charge in [-0.3, -0.25) is 24.5 Å². The topological polar surface area (TPSA) is 125 Å². The summed E-state index contributed by atoms with van der Waals surface area (Å²) in [7, 11) is 0. The van der Waals surface area contributed by atoms with Crippen LogP contribution in [-0.4, -0.2) is 40.1 Å². The highest BCUT2D eigenvalue weighted by molar-refractivity contribution is 6.32. The van der Waals surface area contributed by atoms with Crippen LogP contribution < -0.4 is 4.90 Å². The van der Waals surface area contributed by atoms with Crippen LogP contribution in [0.15, 0.2) is 55.1 Å². The summed E-state index contributed by atoms with van der Waals surface area (Å²) in [6.07, 6.45) is 1.14. The van der Waals surface area contributed by atoms with Crippen molar-refractivity contribution >= 4 is 40.7 Å². The molecule has 0 radical (unpaired) electrons. The Morgan fingerprint density at radius 3 is 2.58 bits per heavy atom. The van der Waals surface area contributed by atoms with E-state index in [0.717, 1.165) is 15.9 Å². The van der Waals surface area contributed by atoms with Gasteiger partial charge in [0.05, 0.1) is 28.7 Å². The highest BCUT2D eigenvalue weighted by Crippen LogP contribution is 2.29. The predicted molar refractivity (Wildman–Crippen MR) is 111 cm³/mol. The first-order valence-electron chi connectivity index (χ1n) is 9.01. The minimum Gasteiger partial charge on any atom is -0.322 e. The van der Waals surface area contributed by atoms with Crippen molar-refractivity contribution in [3.8, 4) is 6.07 Å². The van der Waals surface area contributed by atoms with Gasteiger partial charge in [-0.15, -0.1) is 6.58 Å². The Labute approximate surface area is 181 Å². The average Bonchev–Trinajstić information content (AvgIpc) is 3.05. The lowest BCUT2D eigenvalue weighted by Gasteiger charge is -2.26. The Hall–Kier alpha value is -4.03. The maximum atomic E-state index is 13.1. The Morgan fingerprint density at radius 2 is 2.00 bits per heavy atom. The van der Waals surface area contributed by atoms with E-state index in [1.165, 1.54) is 42.5 Å². The molecule has 156 valence electrons. The van der Waals surface area contributed by atoms with Gasteiger partial charge in [0, 0.05) is 18.2 Å². The number of anilines is 1. The Morgan fingerprint density at radius 1 is 1.32 bits per heavy atom. The maximum absolute atomic E-state index is 13.1. The van der Waals surface area contributed by atoms with E-state index in [-0.39, 0.29) is 29.2 Å². The second-order valence-corrected chi connectivity index (χ2v) is 7.02. The van der Waals surface area contributed by atoms with Crippen LogP contribution in [0.3, 0.4) is 0 Å². The van der Waals surface area contributed by atoms with Crippen LogP contribution in [0, 0.1) is 21.4 Å². The molecular formula is C21H15ClN4O5. The van der Waals surface area contributed by atoms with Crippen LogP contribution in [-0.2, 0) is 9.59 Å². The molecule has 2 aromatic rings. The number of nitro groups is 1. The van der Waals surface area contributed by atoms with Crippen molar-refractivity contribution in [2.45, 2.75) is 12.5 Å². The lowest BCUT2D eigenvalue weighted by molar-refractivity contribution is -0.384. The third-order valence-corrected chi connectivity index (χ3v) is 5.05. The zero-order valence-electron chi connectivity index (χ0n) is 16.0. The molecular weight excluding hydrogens is 424 g/mol.